The lowest BCUT2D eigenvalue weighted by molar-refractivity contribution is -0.146. The smallest absolute Gasteiger partial charge is 0.337 e. The molecule has 0 amide bonds. The molecule has 3 aliphatic rings. The average molecular weight is 532 g/mol. The summed E-state index contributed by atoms with van der Waals surface area (Å²) in [6.45, 7) is 1.89. The van der Waals surface area contributed by atoms with Crippen LogP contribution in [0.3, 0.4) is 0 Å². The Morgan fingerprint density at radius 2 is 1.54 bits per heavy atom. The Kier molecular flexibility index (Phi) is 7.96. The van der Waals surface area contributed by atoms with Gasteiger partial charge in [0.15, 0.2) is 17.3 Å². The zero-order chi connectivity index (χ0) is 27.5. The summed E-state index contributed by atoms with van der Waals surface area (Å²) in [6.07, 6.45) is 5.95. The highest BCUT2D eigenvalue weighted by Crippen LogP contribution is 2.49. The van der Waals surface area contributed by atoms with Gasteiger partial charge in [0.25, 0.3) is 0 Å². The van der Waals surface area contributed by atoms with Gasteiger partial charge in [0.2, 0.25) is 5.75 Å². The topological polar surface area (TPSA) is 83.1 Å². The number of Topliss-reactive ketones (excluding diaryl/α,β-unsaturated/α-hetero) is 1. The molecule has 7 nitrogen and oxygen atoms in total. The Labute approximate surface area is 230 Å². The molecule has 0 radical (unpaired) electrons. The molecule has 7 heteroatoms. The van der Waals surface area contributed by atoms with Crippen LogP contribution in [0.25, 0.3) is 0 Å². The fourth-order valence-corrected chi connectivity index (χ4v) is 6.27. The molecule has 0 bridgehead atoms. The summed E-state index contributed by atoms with van der Waals surface area (Å²) in [7, 11) is 4.67. The molecule has 2 aromatic rings. The number of hydrogen-bond acceptors (Lipinski definition) is 7. The number of carbonyl (C=O) groups excluding carboxylic acids is 2. The van der Waals surface area contributed by atoms with E-state index in [9.17, 15) is 9.59 Å². The van der Waals surface area contributed by atoms with Gasteiger partial charge in [0.05, 0.1) is 26.9 Å². The van der Waals surface area contributed by atoms with E-state index in [4.69, 9.17) is 18.9 Å². The molecule has 2 aromatic carbocycles. The molecular weight excluding hydrogens is 494 g/mol. The summed E-state index contributed by atoms with van der Waals surface area (Å²) in [5.41, 5.74) is 4.48. The van der Waals surface area contributed by atoms with E-state index in [2.05, 4.69) is 17.4 Å². The number of benzene rings is 2. The van der Waals surface area contributed by atoms with Crippen molar-refractivity contribution in [3.8, 4) is 17.2 Å². The zero-order valence-corrected chi connectivity index (χ0v) is 23.2. The molecule has 2 aliphatic carbocycles. The van der Waals surface area contributed by atoms with Crippen molar-refractivity contribution in [3.05, 3.63) is 76.1 Å². The van der Waals surface area contributed by atoms with Crippen molar-refractivity contribution in [2.45, 2.75) is 69.8 Å². The van der Waals surface area contributed by atoms with Crippen LogP contribution in [0, 0.1) is 0 Å². The van der Waals surface area contributed by atoms with Crippen LogP contribution in [0.5, 0.6) is 17.2 Å². The largest absolute Gasteiger partial charge is 0.493 e. The first-order valence-corrected chi connectivity index (χ1v) is 13.7. The molecule has 5 rings (SSSR count). The van der Waals surface area contributed by atoms with Gasteiger partial charge in [0.1, 0.15) is 6.10 Å². The zero-order valence-electron chi connectivity index (χ0n) is 23.2. The molecule has 39 heavy (non-hydrogen) atoms. The lowest BCUT2D eigenvalue weighted by atomic mass is 9.71. The number of allylic oxidation sites excluding steroid dienone is 3. The molecule has 1 heterocycles. The Bertz CT molecular complexity index is 1280. The molecule has 1 N–H and O–H groups in total. The SMILES string of the molecule is COc1cc([C@@H]2C(C(=O)OC3CCCCC3)=C(C)NC3=C2C(=O)C[C@H](c2ccccc2)C3)cc(OC)c1OC. The van der Waals surface area contributed by atoms with E-state index in [1.807, 2.05) is 37.3 Å². The number of nitrogens with one attached hydrogen (secondary N) is 1. The van der Waals surface area contributed by atoms with Crippen molar-refractivity contribution in [2.24, 2.45) is 0 Å². The lowest BCUT2D eigenvalue weighted by Gasteiger charge is -2.37. The number of rotatable bonds is 7. The van der Waals surface area contributed by atoms with E-state index < -0.39 is 5.92 Å². The minimum atomic E-state index is -0.615. The molecule has 1 saturated carbocycles. The van der Waals surface area contributed by atoms with Crippen LogP contribution in [0.1, 0.15) is 74.8 Å². The van der Waals surface area contributed by atoms with Crippen molar-refractivity contribution < 1.29 is 28.5 Å². The Morgan fingerprint density at radius 1 is 0.872 bits per heavy atom. The first kappa shape index (κ1) is 26.9. The van der Waals surface area contributed by atoms with Gasteiger partial charge in [-0.1, -0.05) is 36.8 Å². The van der Waals surface area contributed by atoms with Gasteiger partial charge in [-0.05, 0) is 68.2 Å². The fourth-order valence-electron chi connectivity index (χ4n) is 6.27. The normalized spacial score (nSPS) is 21.7. The van der Waals surface area contributed by atoms with Gasteiger partial charge >= 0.3 is 5.97 Å². The summed E-state index contributed by atoms with van der Waals surface area (Å²) in [4.78, 5) is 27.8. The van der Waals surface area contributed by atoms with E-state index in [1.54, 1.807) is 21.3 Å². The molecule has 0 unspecified atom stereocenters. The van der Waals surface area contributed by atoms with Gasteiger partial charge in [0, 0.05) is 29.3 Å². The highest BCUT2D eigenvalue weighted by atomic mass is 16.5. The van der Waals surface area contributed by atoms with Crippen molar-refractivity contribution in [3.63, 3.8) is 0 Å². The molecule has 0 aromatic heterocycles. The Balaban J connectivity index is 1.61. The van der Waals surface area contributed by atoms with Crippen molar-refractivity contribution >= 4 is 11.8 Å². The minimum absolute atomic E-state index is 0.0202. The van der Waals surface area contributed by atoms with Crippen LogP contribution >= 0.6 is 0 Å². The van der Waals surface area contributed by atoms with E-state index in [0.717, 1.165) is 42.5 Å². The fraction of sp³-hybridized carbons (Fsp3) is 0.438. The number of hydrogen-bond donors (Lipinski definition) is 1. The van der Waals surface area contributed by atoms with E-state index in [1.165, 1.54) is 6.42 Å². The maximum absolute atomic E-state index is 13.9. The number of ketones is 1. The monoisotopic (exact) mass is 531 g/mol. The predicted octanol–water partition coefficient (Wildman–Crippen LogP) is 5.95. The van der Waals surface area contributed by atoms with Crippen LogP contribution in [-0.4, -0.2) is 39.2 Å². The highest BCUT2D eigenvalue weighted by Gasteiger charge is 2.42. The van der Waals surface area contributed by atoms with Crippen LogP contribution in [0.15, 0.2) is 65.0 Å². The third-order valence-corrected chi connectivity index (χ3v) is 8.16. The number of carbonyl (C=O) groups is 2. The lowest BCUT2D eigenvalue weighted by Crippen LogP contribution is -2.37. The van der Waals surface area contributed by atoms with Crippen molar-refractivity contribution in [2.75, 3.05) is 21.3 Å². The Morgan fingerprint density at radius 3 is 2.15 bits per heavy atom. The summed E-state index contributed by atoms with van der Waals surface area (Å²) in [6, 6.07) is 13.8. The van der Waals surface area contributed by atoms with E-state index in [-0.39, 0.29) is 23.8 Å². The number of dihydropyridines is 1. The predicted molar refractivity (Wildman–Crippen MR) is 148 cm³/mol. The molecule has 1 aliphatic heterocycles. The second-order valence-corrected chi connectivity index (χ2v) is 10.6. The third-order valence-electron chi connectivity index (χ3n) is 8.16. The second kappa shape index (κ2) is 11.6. The molecule has 2 atom stereocenters. The van der Waals surface area contributed by atoms with E-state index >= 15 is 0 Å². The molecular formula is C32H37NO6. The Hall–Kier alpha value is -3.74. The summed E-state index contributed by atoms with van der Waals surface area (Å²) in [5, 5.41) is 3.45. The number of methoxy groups -OCH3 is 3. The quantitative estimate of drug-likeness (QED) is 0.442. The summed E-state index contributed by atoms with van der Waals surface area (Å²) >= 11 is 0. The van der Waals surface area contributed by atoms with Crippen molar-refractivity contribution in [1.29, 1.82) is 0 Å². The minimum Gasteiger partial charge on any atom is -0.493 e. The van der Waals surface area contributed by atoms with Crippen LogP contribution in [0.4, 0.5) is 0 Å². The average Bonchev–Trinajstić information content (AvgIpc) is 2.96. The first-order valence-electron chi connectivity index (χ1n) is 13.7. The van der Waals surface area contributed by atoms with Gasteiger partial charge in [-0.25, -0.2) is 4.79 Å². The molecule has 206 valence electrons. The first-order chi connectivity index (χ1) is 18.9. The highest BCUT2D eigenvalue weighted by molar-refractivity contribution is 6.04. The van der Waals surface area contributed by atoms with Crippen LogP contribution in [0.2, 0.25) is 0 Å². The van der Waals surface area contributed by atoms with Gasteiger partial charge < -0.3 is 24.3 Å². The van der Waals surface area contributed by atoms with Gasteiger partial charge in [-0.15, -0.1) is 0 Å². The van der Waals surface area contributed by atoms with E-state index in [0.29, 0.717) is 46.9 Å². The van der Waals surface area contributed by atoms with Crippen LogP contribution in [-0.2, 0) is 14.3 Å². The molecule has 1 fully saturated rings. The van der Waals surface area contributed by atoms with Gasteiger partial charge in [-0.2, -0.15) is 0 Å². The maximum Gasteiger partial charge on any atom is 0.337 e. The van der Waals surface area contributed by atoms with Crippen LogP contribution < -0.4 is 19.5 Å². The number of esters is 1. The second-order valence-electron chi connectivity index (χ2n) is 10.6. The third kappa shape index (κ3) is 5.27. The summed E-state index contributed by atoms with van der Waals surface area (Å²) in [5.74, 6) is 0.482. The molecule has 0 saturated heterocycles. The number of ether oxygens (including phenoxy) is 4. The molecule has 0 spiro atoms. The van der Waals surface area contributed by atoms with Gasteiger partial charge in [-0.3, -0.25) is 4.79 Å². The standard InChI is InChI=1S/C32H37NO6/c1-19-28(32(35)39-23-13-9-6-10-14-23)29(22-17-26(36-2)31(38-4)27(18-22)37-3)30-24(33-19)15-21(16-25(30)34)20-11-7-5-8-12-20/h5,7-8,11-12,17-18,21,23,29,33H,6,9-10,13-16H2,1-4H3/t21-,29-/m1/s1. The summed E-state index contributed by atoms with van der Waals surface area (Å²) < 4.78 is 22.9. The maximum atomic E-state index is 13.9. The van der Waals surface area contributed by atoms with Crippen molar-refractivity contribution in [1.82, 2.24) is 5.32 Å².